The predicted octanol–water partition coefficient (Wildman–Crippen LogP) is 4.33. The first kappa shape index (κ1) is 32.0. The number of hydrogen-bond donors (Lipinski definition) is 8. The van der Waals surface area contributed by atoms with Crippen molar-refractivity contribution in [2.45, 2.75) is 31.6 Å². The van der Waals surface area contributed by atoms with Gasteiger partial charge in [-0.3, -0.25) is 9.13 Å². The number of carboxylic acids is 2. The fourth-order valence-corrected chi connectivity index (χ4v) is 6.34. The van der Waals surface area contributed by atoms with Gasteiger partial charge in [0.15, 0.2) is 4.90 Å². The zero-order valence-electron chi connectivity index (χ0n) is 21.3. The van der Waals surface area contributed by atoms with Crippen LogP contribution in [0.5, 0.6) is 0 Å². The number of carboxylic acid groups (broad SMARTS) is 2. The molecule has 0 saturated carbocycles. The largest absolute Gasteiger partial charge is 0.478 e. The summed E-state index contributed by atoms with van der Waals surface area (Å²) in [6.07, 6.45) is 1.29. The molecule has 2 rings (SSSR count). The summed E-state index contributed by atoms with van der Waals surface area (Å²) in [4.78, 5) is 60.4. The quantitative estimate of drug-likeness (QED) is 0.115. The van der Waals surface area contributed by atoms with Crippen LogP contribution in [0.1, 0.15) is 47.4 Å². The lowest BCUT2D eigenvalue weighted by Gasteiger charge is -2.33. The highest BCUT2D eigenvalue weighted by Gasteiger charge is 2.58. The third-order valence-electron chi connectivity index (χ3n) is 6.07. The molecule has 0 aromatic heterocycles. The molecule has 0 bridgehead atoms. The molecule has 8 N–H and O–H groups in total. The summed E-state index contributed by atoms with van der Waals surface area (Å²) >= 11 is 0. The van der Waals surface area contributed by atoms with Crippen molar-refractivity contribution in [3.63, 3.8) is 0 Å². The van der Waals surface area contributed by atoms with Gasteiger partial charge in [0.1, 0.15) is 0 Å². The first-order chi connectivity index (χ1) is 18.1. The van der Waals surface area contributed by atoms with Crippen molar-refractivity contribution in [1.29, 1.82) is 0 Å². The van der Waals surface area contributed by atoms with Crippen molar-refractivity contribution in [2.24, 2.45) is 0 Å². The molecule has 0 fully saturated rings. The molecule has 0 atom stereocenters. The molecule has 0 aliphatic carbocycles. The molecule has 0 spiro atoms. The number of nitrogens with one attached hydrogen (secondary N) is 2. The fraction of sp³-hybridized carbons (Fsp3) is 0.280. The number of allylic oxidation sites excluding steroid dienone is 2. The lowest BCUT2D eigenvalue weighted by Crippen LogP contribution is -2.28. The van der Waals surface area contributed by atoms with Gasteiger partial charge < -0.3 is 40.4 Å². The number of para-hydroxylation sites is 2. The van der Waals surface area contributed by atoms with Gasteiger partial charge in [-0.25, -0.2) is 9.59 Å². The van der Waals surface area contributed by atoms with E-state index in [0.717, 1.165) is 0 Å². The third kappa shape index (κ3) is 8.37. The van der Waals surface area contributed by atoms with E-state index >= 15 is 0 Å². The van der Waals surface area contributed by atoms with Crippen LogP contribution in [0.4, 0.5) is 11.4 Å². The Labute approximate surface area is 225 Å². The highest BCUT2D eigenvalue weighted by molar-refractivity contribution is 7.72. The first-order valence-electron chi connectivity index (χ1n) is 11.6. The zero-order valence-corrected chi connectivity index (χ0v) is 23.1. The van der Waals surface area contributed by atoms with E-state index < -0.39 is 44.9 Å². The van der Waals surface area contributed by atoms with Crippen molar-refractivity contribution < 1.29 is 48.5 Å². The van der Waals surface area contributed by atoms with Crippen molar-refractivity contribution in [3.8, 4) is 0 Å². The van der Waals surface area contributed by atoms with E-state index in [0.29, 0.717) is 22.5 Å². The summed E-state index contributed by atoms with van der Waals surface area (Å²) in [6.45, 7) is 3.27. The maximum absolute atomic E-state index is 12.5. The number of hydrogen-bond acceptors (Lipinski definition) is 6. The van der Waals surface area contributed by atoms with Crippen molar-refractivity contribution in [2.75, 3.05) is 23.7 Å². The fourth-order valence-electron chi connectivity index (χ4n) is 3.67. The van der Waals surface area contributed by atoms with Gasteiger partial charge in [-0.15, -0.1) is 0 Å². The maximum atomic E-state index is 12.5. The minimum Gasteiger partial charge on any atom is -0.478 e. The predicted molar refractivity (Wildman–Crippen MR) is 147 cm³/mol. The maximum Gasteiger partial charge on any atom is 0.344 e. The molecule has 2 aromatic rings. The highest BCUT2D eigenvalue weighted by Crippen LogP contribution is 2.72. The van der Waals surface area contributed by atoms with Gasteiger partial charge in [-0.2, -0.15) is 0 Å². The van der Waals surface area contributed by atoms with Crippen LogP contribution < -0.4 is 10.6 Å². The normalized spacial score (nSPS) is 13.2. The van der Waals surface area contributed by atoms with Crippen LogP contribution in [0.15, 0.2) is 71.8 Å². The molecule has 0 saturated heterocycles. The Bertz CT molecular complexity index is 1260. The molecule has 0 heterocycles. The minimum atomic E-state index is -5.39. The SMILES string of the molecule is C/C(=C\CC(C/C=C(\C)CNc1ccccc1C(=O)O)(P(=O)(O)O)P(=O)(O)O)CNc1ccccc1C(=O)O. The van der Waals surface area contributed by atoms with E-state index in [1.54, 1.807) is 50.2 Å². The van der Waals surface area contributed by atoms with Crippen LogP contribution in [-0.4, -0.2) is 59.7 Å². The molecule has 2 aromatic carbocycles. The average molecular weight is 582 g/mol. The van der Waals surface area contributed by atoms with Crippen LogP contribution in [0.2, 0.25) is 0 Å². The number of aromatic carboxylic acids is 2. The molecule has 212 valence electrons. The summed E-state index contributed by atoms with van der Waals surface area (Å²) in [5, 5.41) is 24.4. The molecular formula is C25H32N2O10P2. The average Bonchev–Trinajstić information content (AvgIpc) is 2.84. The van der Waals surface area contributed by atoms with Crippen molar-refractivity contribution >= 4 is 38.5 Å². The van der Waals surface area contributed by atoms with Gasteiger partial charge in [0.2, 0.25) is 0 Å². The molecule has 12 nitrogen and oxygen atoms in total. The van der Waals surface area contributed by atoms with Gasteiger partial charge in [0.05, 0.1) is 11.1 Å². The Morgan fingerprint density at radius 1 is 0.718 bits per heavy atom. The number of rotatable bonds is 14. The molecule has 0 amide bonds. The summed E-state index contributed by atoms with van der Waals surface area (Å²) in [5.74, 6) is -2.30. The van der Waals surface area contributed by atoms with Gasteiger partial charge in [0.25, 0.3) is 0 Å². The van der Waals surface area contributed by atoms with Crippen LogP contribution in [-0.2, 0) is 9.13 Å². The second-order valence-electron chi connectivity index (χ2n) is 8.99. The van der Waals surface area contributed by atoms with Crippen molar-refractivity contribution in [1.82, 2.24) is 0 Å². The third-order valence-corrected chi connectivity index (χ3v) is 10.5. The summed E-state index contributed by atoms with van der Waals surface area (Å²) < 4.78 is 25.0. The second kappa shape index (κ2) is 13.2. The molecule has 0 aliphatic heterocycles. The Balaban J connectivity index is 2.25. The molecule has 39 heavy (non-hydrogen) atoms. The zero-order chi connectivity index (χ0) is 29.4. The molecule has 0 aliphatic rings. The number of benzene rings is 2. The summed E-state index contributed by atoms with van der Waals surface area (Å²) in [7, 11) is -10.8. The van der Waals surface area contributed by atoms with Gasteiger partial charge in [0, 0.05) is 24.5 Å². The van der Waals surface area contributed by atoms with Gasteiger partial charge >= 0.3 is 27.1 Å². The number of carbonyl (C=O) groups is 2. The molecule has 0 unspecified atom stereocenters. The molecule has 14 heteroatoms. The van der Waals surface area contributed by atoms with Crippen LogP contribution in [0, 0.1) is 0 Å². The Morgan fingerprint density at radius 3 is 1.36 bits per heavy atom. The van der Waals surface area contributed by atoms with E-state index in [1.165, 1.54) is 24.3 Å². The van der Waals surface area contributed by atoms with E-state index in [9.17, 15) is 48.5 Å². The lowest BCUT2D eigenvalue weighted by molar-refractivity contribution is 0.0687. The van der Waals surface area contributed by atoms with Gasteiger partial charge in [-0.05, 0) is 51.0 Å². The second-order valence-corrected chi connectivity index (χ2v) is 13.2. The van der Waals surface area contributed by atoms with Gasteiger partial charge in [-0.1, -0.05) is 47.6 Å². The van der Waals surface area contributed by atoms with E-state index in [4.69, 9.17) is 0 Å². The smallest absolute Gasteiger partial charge is 0.344 e. The topological polar surface area (TPSA) is 214 Å². The minimum absolute atomic E-state index is 0.0188. The Kier molecular flexibility index (Phi) is 10.8. The van der Waals surface area contributed by atoms with E-state index in [-0.39, 0.29) is 24.2 Å². The highest BCUT2D eigenvalue weighted by atomic mass is 31.2. The van der Waals surface area contributed by atoms with Crippen LogP contribution >= 0.6 is 15.2 Å². The summed E-state index contributed by atoms with van der Waals surface area (Å²) in [6, 6.07) is 12.3. The monoisotopic (exact) mass is 582 g/mol. The Hall–Kier alpha value is -3.24. The number of anilines is 2. The van der Waals surface area contributed by atoms with Crippen LogP contribution in [0.25, 0.3) is 0 Å². The van der Waals surface area contributed by atoms with E-state index in [1.807, 2.05) is 0 Å². The summed E-state index contributed by atoms with van der Waals surface area (Å²) in [5.41, 5.74) is 1.59. The lowest BCUT2D eigenvalue weighted by atomic mass is 10.1. The van der Waals surface area contributed by atoms with Crippen LogP contribution in [0.3, 0.4) is 0 Å². The first-order valence-corrected chi connectivity index (χ1v) is 14.9. The van der Waals surface area contributed by atoms with E-state index in [2.05, 4.69) is 10.6 Å². The molecule has 0 radical (unpaired) electrons. The Morgan fingerprint density at radius 2 is 1.05 bits per heavy atom. The molecular weight excluding hydrogens is 550 g/mol. The van der Waals surface area contributed by atoms with Crippen molar-refractivity contribution in [3.05, 3.63) is 83.0 Å². The standard InChI is InChI=1S/C25H32N2O10P2/c1-17(15-26-21-9-5-3-7-19(21)23(28)29)11-13-25(38(32,33)34,39(35,36)37)14-12-18(2)16-27-22-10-6-4-8-20(22)24(30)31/h3-12,26-27H,13-16H2,1-2H3,(H,28,29)(H,30,31)(H2,32,33,34)(H2,35,36,37)/b17-11+,18-12+.